The van der Waals surface area contributed by atoms with Gasteiger partial charge in [-0.3, -0.25) is 19.2 Å². The molecule has 0 rings (SSSR count). The molecule has 0 heterocycles. The summed E-state index contributed by atoms with van der Waals surface area (Å²) >= 11 is 0. The first-order chi connectivity index (χ1) is 12.5. The third kappa shape index (κ3) is 77.5. The minimum atomic E-state index is -1.31. The van der Waals surface area contributed by atoms with Gasteiger partial charge in [0, 0.05) is 49.6 Å². The zero-order valence-electron chi connectivity index (χ0n) is 16.2. The Morgan fingerprint density at radius 3 is 0.517 bits per heavy atom. The fourth-order valence-corrected chi connectivity index (χ4v) is 0.813. The van der Waals surface area contributed by atoms with Crippen LogP contribution in [0.15, 0.2) is 0 Å². The van der Waals surface area contributed by atoms with Crippen molar-refractivity contribution in [3.05, 3.63) is 0 Å². The van der Waals surface area contributed by atoms with Gasteiger partial charge in [-0.1, -0.05) is 0 Å². The van der Waals surface area contributed by atoms with E-state index in [9.17, 15) is 58.8 Å². The number of Topliss-reactive ketones (excluding diaryl/α,β-unsaturated/α-hetero) is 4. The van der Waals surface area contributed by atoms with Crippen molar-refractivity contribution in [2.45, 2.75) is 53.4 Å². The summed E-state index contributed by atoms with van der Waals surface area (Å²) in [4.78, 5) is 77.2. The molecular formula is C16H20O12Sn. The Hall–Kier alpha value is -2.64. The van der Waals surface area contributed by atoms with Crippen LogP contribution in [0.4, 0.5) is 0 Å². The Morgan fingerprint density at radius 2 is 0.517 bits per heavy atom. The van der Waals surface area contributed by atoms with Crippen LogP contribution in [-0.4, -0.2) is 70.9 Å². The number of hydrogen-bond donors (Lipinski definition) is 0. The molecule has 0 atom stereocenters. The molecule has 0 radical (unpaired) electrons. The molecule has 0 aromatic rings. The van der Waals surface area contributed by atoms with Crippen LogP contribution in [0.1, 0.15) is 53.4 Å². The number of carboxylic acid groups (broad SMARTS) is 4. The van der Waals surface area contributed by atoms with Gasteiger partial charge in [0.2, 0.25) is 0 Å². The molecule has 0 saturated carbocycles. The Kier molecular flexibility index (Phi) is 30.0. The maximum absolute atomic E-state index is 9.83. The summed E-state index contributed by atoms with van der Waals surface area (Å²) in [6.45, 7) is 4.82. The first kappa shape index (κ1) is 37.2. The molecule has 0 aliphatic carbocycles. The topological polar surface area (TPSA) is 229 Å². The normalized spacial score (nSPS) is 7.86. The molecule has 0 amide bonds. The average molecular weight is 523 g/mol. The number of carbonyl (C=O) groups excluding carboxylic acids is 8. The Morgan fingerprint density at radius 1 is 0.414 bits per heavy atom. The van der Waals surface area contributed by atoms with Crippen molar-refractivity contribution in [2.75, 3.05) is 0 Å². The van der Waals surface area contributed by atoms with Crippen LogP contribution < -0.4 is 20.4 Å². The Labute approximate surface area is 183 Å². The van der Waals surface area contributed by atoms with E-state index in [1.54, 1.807) is 0 Å². The molecule has 0 aromatic carbocycles. The molecular weight excluding hydrogens is 503 g/mol. The van der Waals surface area contributed by atoms with E-state index in [0.717, 1.165) is 0 Å². The molecule has 0 aromatic heterocycles. The minimum Gasteiger partial charge on any atom is -0.550 e. The molecule has 0 bridgehead atoms. The van der Waals surface area contributed by atoms with Gasteiger partial charge in [0.05, 0.1) is 0 Å². The number of carbonyl (C=O) groups is 8. The number of ketones is 4. The average Bonchev–Trinajstić information content (AvgIpc) is 2.32. The zero-order chi connectivity index (χ0) is 23.4. The molecule has 0 unspecified atom stereocenters. The summed E-state index contributed by atoms with van der Waals surface area (Å²) in [5.74, 6) is -6.75. The molecule has 0 aliphatic rings. The minimum absolute atomic E-state index is 0. The van der Waals surface area contributed by atoms with Crippen LogP contribution in [0.5, 0.6) is 0 Å². The standard InChI is InChI=1S/4C4H6O3.Sn/c4*1-3(5)2-4(6)7;/h4*2H2,1H3,(H,6,7);/q;;;;+4/p-4. The number of carboxylic acids is 4. The van der Waals surface area contributed by atoms with Crippen molar-refractivity contribution in [1.29, 1.82) is 0 Å². The molecule has 0 N–H and O–H groups in total. The molecule has 29 heavy (non-hydrogen) atoms. The molecule has 12 nitrogen and oxygen atoms in total. The smallest absolute Gasteiger partial charge is 0.550 e. The van der Waals surface area contributed by atoms with Gasteiger partial charge in [0.25, 0.3) is 0 Å². The van der Waals surface area contributed by atoms with Crippen molar-refractivity contribution in [2.24, 2.45) is 0 Å². The van der Waals surface area contributed by atoms with Gasteiger partial charge >= 0.3 is 23.9 Å². The van der Waals surface area contributed by atoms with Gasteiger partial charge in [-0.2, -0.15) is 0 Å². The second kappa shape index (κ2) is 23.4. The maximum atomic E-state index is 9.83. The van der Waals surface area contributed by atoms with E-state index in [2.05, 4.69) is 0 Å². The second-order valence-electron chi connectivity index (χ2n) is 5.00. The first-order valence-electron chi connectivity index (χ1n) is 7.28. The van der Waals surface area contributed by atoms with Crippen molar-refractivity contribution < 1.29 is 58.8 Å². The van der Waals surface area contributed by atoms with E-state index < -0.39 is 49.6 Å². The van der Waals surface area contributed by atoms with Crippen LogP contribution in [-0.2, 0) is 38.4 Å². The number of hydrogen-bond acceptors (Lipinski definition) is 12. The fraction of sp³-hybridized carbons (Fsp3) is 0.500. The van der Waals surface area contributed by atoms with Crippen LogP contribution in [0, 0.1) is 0 Å². The van der Waals surface area contributed by atoms with E-state index >= 15 is 0 Å². The van der Waals surface area contributed by atoms with Crippen LogP contribution in [0.3, 0.4) is 0 Å². The van der Waals surface area contributed by atoms with E-state index in [1.165, 1.54) is 27.7 Å². The van der Waals surface area contributed by atoms with Gasteiger partial charge in [0.1, 0.15) is 23.1 Å². The predicted octanol–water partition coefficient (Wildman–Crippen LogP) is -5.52. The third-order valence-electron chi connectivity index (χ3n) is 1.57. The number of rotatable bonds is 8. The van der Waals surface area contributed by atoms with E-state index in [-0.39, 0.29) is 47.0 Å². The van der Waals surface area contributed by atoms with Crippen molar-refractivity contribution >= 4 is 70.9 Å². The summed E-state index contributed by atoms with van der Waals surface area (Å²) in [7, 11) is 0. The van der Waals surface area contributed by atoms with E-state index in [0.29, 0.717) is 0 Å². The van der Waals surface area contributed by atoms with Crippen LogP contribution in [0.25, 0.3) is 0 Å². The SMILES string of the molecule is CC(=O)CC(=O)[O-].CC(=O)CC(=O)[O-].CC(=O)CC(=O)[O-].CC(=O)CC(=O)[O-].[Sn+4]. The van der Waals surface area contributed by atoms with Crippen molar-refractivity contribution in [1.82, 2.24) is 0 Å². The summed E-state index contributed by atoms with van der Waals surface area (Å²) in [5, 5.41) is 37.9. The largest absolute Gasteiger partial charge is 4.00 e. The van der Waals surface area contributed by atoms with Crippen molar-refractivity contribution in [3.63, 3.8) is 0 Å². The van der Waals surface area contributed by atoms with Crippen molar-refractivity contribution in [3.8, 4) is 0 Å². The predicted molar refractivity (Wildman–Crippen MR) is 87.0 cm³/mol. The van der Waals surface area contributed by atoms with Crippen LogP contribution in [0.2, 0.25) is 0 Å². The van der Waals surface area contributed by atoms with Gasteiger partial charge < -0.3 is 39.6 Å². The Bertz CT molecular complexity index is 443. The third-order valence-corrected chi connectivity index (χ3v) is 1.57. The van der Waals surface area contributed by atoms with E-state index in [4.69, 9.17) is 0 Å². The molecule has 0 saturated heterocycles. The number of aliphatic carboxylic acids is 4. The zero-order valence-corrected chi connectivity index (χ0v) is 19.1. The quantitative estimate of drug-likeness (QED) is 0.214. The summed E-state index contributed by atoms with van der Waals surface area (Å²) in [6.07, 6.45) is -1.89. The van der Waals surface area contributed by atoms with Gasteiger partial charge in [-0.15, -0.1) is 0 Å². The van der Waals surface area contributed by atoms with Gasteiger partial charge in [-0.05, 0) is 27.7 Å². The van der Waals surface area contributed by atoms with Crippen LogP contribution >= 0.6 is 0 Å². The molecule has 0 fully saturated rings. The van der Waals surface area contributed by atoms with E-state index in [1.807, 2.05) is 0 Å². The van der Waals surface area contributed by atoms with Gasteiger partial charge in [0.15, 0.2) is 0 Å². The monoisotopic (exact) mass is 524 g/mol. The first-order valence-corrected chi connectivity index (χ1v) is 7.28. The summed E-state index contributed by atoms with van der Waals surface area (Å²) in [6, 6.07) is 0. The molecule has 160 valence electrons. The second-order valence-corrected chi connectivity index (χ2v) is 5.00. The molecule has 13 heteroatoms. The maximum Gasteiger partial charge on any atom is 4.00 e. The molecule has 0 spiro atoms. The Balaban J connectivity index is -0.0000000873. The molecule has 0 aliphatic heterocycles. The van der Waals surface area contributed by atoms with Gasteiger partial charge in [-0.25, -0.2) is 0 Å². The summed E-state index contributed by atoms with van der Waals surface area (Å²) in [5.41, 5.74) is 0. The summed E-state index contributed by atoms with van der Waals surface area (Å²) < 4.78 is 0. The fourth-order valence-electron chi connectivity index (χ4n) is 0.813.